The first-order valence-corrected chi connectivity index (χ1v) is 9.74. The number of nitrogens with one attached hydrogen (secondary N) is 1. The van der Waals surface area contributed by atoms with E-state index >= 15 is 0 Å². The van der Waals surface area contributed by atoms with Gasteiger partial charge in [-0.1, -0.05) is 34.1 Å². The number of aromatic nitrogens is 2. The third kappa shape index (κ3) is 4.15. The lowest BCUT2D eigenvalue weighted by Crippen LogP contribution is -2.17. The van der Waals surface area contributed by atoms with E-state index in [2.05, 4.69) is 31.4 Å². The van der Waals surface area contributed by atoms with Gasteiger partial charge >= 0.3 is 0 Å². The van der Waals surface area contributed by atoms with E-state index < -0.39 is 11.1 Å². The highest BCUT2D eigenvalue weighted by molar-refractivity contribution is 9.10. The van der Waals surface area contributed by atoms with Crippen LogP contribution in [-0.2, 0) is 11.4 Å². The Balaban J connectivity index is 1.53. The van der Waals surface area contributed by atoms with Crippen LogP contribution in [0.1, 0.15) is 11.5 Å². The highest BCUT2D eigenvalue weighted by Gasteiger charge is 2.25. The maximum absolute atomic E-state index is 11.8. The molecule has 0 atom stereocenters. The largest absolute Gasteiger partial charge is 0.483 e. The molecule has 7 nitrogen and oxygen atoms in total. The van der Waals surface area contributed by atoms with Crippen molar-refractivity contribution in [1.82, 2.24) is 15.5 Å². The van der Waals surface area contributed by atoms with E-state index in [0.717, 1.165) is 21.8 Å². The molecule has 0 unspecified atom stereocenters. The number of hydrogen-bond donors (Lipinski definition) is 1. The number of rotatable bonds is 5. The van der Waals surface area contributed by atoms with Crippen molar-refractivity contribution in [1.29, 1.82) is 0 Å². The smallest absolute Gasteiger partial charge is 0.290 e. The summed E-state index contributed by atoms with van der Waals surface area (Å²) in [6.07, 6.45) is 1.61. The predicted octanol–water partition coefficient (Wildman–Crippen LogP) is 4.40. The highest BCUT2D eigenvalue weighted by Crippen LogP contribution is 2.31. The van der Waals surface area contributed by atoms with Crippen LogP contribution in [0.25, 0.3) is 17.5 Å². The van der Waals surface area contributed by atoms with Crippen LogP contribution in [0.4, 0.5) is 4.79 Å². The molecule has 1 aliphatic rings. The van der Waals surface area contributed by atoms with Gasteiger partial charge in [0.15, 0.2) is 6.61 Å². The molecule has 1 aliphatic heterocycles. The molecular weight excluding hydrogens is 446 g/mol. The van der Waals surface area contributed by atoms with Crippen molar-refractivity contribution in [2.45, 2.75) is 6.61 Å². The van der Waals surface area contributed by atoms with E-state index in [0.29, 0.717) is 28.0 Å². The minimum atomic E-state index is -0.426. The van der Waals surface area contributed by atoms with Gasteiger partial charge in [0.25, 0.3) is 17.0 Å². The zero-order valence-corrected chi connectivity index (χ0v) is 16.6. The van der Waals surface area contributed by atoms with Gasteiger partial charge in [-0.25, -0.2) is 0 Å². The highest BCUT2D eigenvalue weighted by atomic mass is 79.9. The van der Waals surface area contributed by atoms with Gasteiger partial charge < -0.3 is 9.15 Å². The minimum Gasteiger partial charge on any atom is -0.483 e. The molecule has 0 bridgehead atoms. The molecule has 1 N–H and O–H groups in total. The topological polar surface area (TPSA) is 94.3 Å². The average Bonchev–Trinajstić information content (AvgIpc) is 3.28. The number of nitrogens with zero attached hydrogens (tertiary/aromatic N) is 2. The number of hydrogen-bond acceptors (Lipinski definition) is 7. The first-order chi connectivity index (χ1) is 13.6. The van der Waals surface area contributed by atoms with Crippen molar-refractivity contribution >= 4 is 44.9 Å². The normalized spacial score (nSPS) is 15.1. The van der Waals surface area contributed by atoms with Crippen molar-refractivity contribution in [3.05, 3.63) is 69.4 Å². The third-order valence-electron chi connectivity index (χ3n) is 3.74. The van der Waals surface area contributed by atoms with Gasteiger partial charge in [0, 0.05) is 15.6 Å². The van der Waals surface area contributed by atoms with Crippen molar-refractivity contribution in [2.24, 2.45) is 0 Å². The molecule has 140 valence electrons. The summed E-state index contributed by atoms with van der Waals surface area (Å²) in [5.41, 5.74) is 1.47. The van der Waals surface area contributed by atoms with Gasteiger partial charge in [0.2, 0.25) is 5.89 Å². The van der Waals surface area contributed by atoms with Crippen LogP contribution in [0, 0.1) is 0 Å². The van der Waals surface area contributed by atoms with Gasteiger partial charge in [-0.05, 0) is 48.2 Å². The Hall–Kier alpha value is -2.91. The lowest BCUT2D eigenvalue weighted by atomic mass is 10.2. The van der Waals surface area contributed by atoms with Crippen molar-refractivity contribution in [2.75, 3.05) is 0 Å². The predicted molar refractivity (Wildman–Crippen MR) is 107 cm³/mol. The molecule has 0 spiro atoms. The number of imide groups is 1. The molecule has 1 aromatic heterocycles. The number of carbonyl (C=O) groups is 2. The summed E-state index contributed by atoms with van der Waals surface area (Å²) in [5, 5.41) is 9.86. The second kappa shape index (κ2) is 7.99. The van der Waals surface area contributed by atoms with Gasteiger partial charge in [-0.2, -0.15) is 0 Å². The Morgan fingerprint density at radius 3 is 2.71 bits per heavy atom. The first-order valence-electron chi connectivity index (χ1n) is 8.13. The number of ether oxygens (including phenoxy) is 1. The van der Waals surface area contributed by atoms with Gasteiger partial charge in [0.05, 0.1) is 4.91 Å². The van der Waals surface area contributed by atoms with Crippen LogP contribution in [0.15, 0.2) is 62.3 Å². The van der Waals surface area contributed by atoms with E-state index in [-0.39, 0.29) is 6.61 Å². The second-order valence-electron chi connectivity index (χ2n) is 5.69. The summed E-state index contributed by atoms with van der Waals surface area (Å²) >= 11 is 4.25. The van der Waals surface area contributed by atoms with Crippen LogP contribution in [0.5, 0.6) is 5.75 Å². The minimum absolute atomic E-state index is 0.0654. The van der Waals surface area contributed by atoms with Crippen LogP contribution >= 0.6 is 27.7 Å². The standard InChI is InChI=1S/C19H12BrN3O4S/c20-13-6-7-14(12(8-13)9-15-17(24)21-19(25)28-15)26-10-16-22-23-18(27-16)11-4-2-1-3-5-11/h1-9H,10H2,(H,21,24,25)/b15-9+. The zero-order chi connectivity index (χ0) is 19.5. The molecule has 4 rings (SSSR count). The first kappa shape index (κ1) is 18.5. The van der Waals surface area contributed by atoms with Crippen molar-refractivity contribution in [3.8, 4) is 17.2 Å². The van der Waals surface area contributed by atoms with Gasteiger partial charge in [-0.3, -0.25) is 14.9 Å². The molecule has 0 aliphatic carbocycles. The molecule has 2 amide bonds. The summed E-state index contributed by atoms with van der Waals surface area (Å²) < 4.78 is 12.3. The number of benzene rings is 2. The summed E-state index contributed by atoms with van der Waals surface area (Å²) in [6, 6.07) is 14.8. The number of amides is 2. The van der Waals surface area contributed by atoms with Crippen molar-refractivity contribution in [3.63, 3.8) is 0 Å². The maximum atomic E-state index is 11.8. The number of halogens is 1. The van der Waals surface area contributed by atoms with E-state index in [1.54, 1.807) is 18.2 Å². The maximum Gasteiger partial charge on any atom is 0.290 e. The Bertz CT molecular complexity index is 1080. The molecule has 9 heteroatoms. The molecule has 1 fully saturated rings. The summed E-state index contributed by atoms with van der Waals surface area (Å²) in [6.45, 7) is 0.0654. The molecule has 3 aromatic rings. The van der Waals surface area contributed by atoms with E-state index in [9.17, 15) is 9.59 Å². The average molecular weight is 458 g/mol. The second-order valence-corrected chi connectivity index (χ2v) is 7.62. The Kier molecular flexibility index (Phi) is 5.27. The third-order valence-corrected chi connectivity index (χ3v) is 5.04. The van der Waals surface area contributed by atoms with E-state index in [1.807, 2.05) is 36.4 Å². The lowest BCUT2D eigenvalue weighted by molar-refractivity contribution is -0.115. The summed E-state index contributed by atoms with van der Waals surface area (Å²) in [7, 11) is 0. The molecule has 1 saturated heterocycles. The zero-order valence-electron chi connectivity index (χ0n) is 14.2. The van der Waals surface area contributed by atoms with Crippen LogP contribution in [0.3, 0.4) is 0 Å². The van der Waals surface area contributed by atoms with Crippen LogP contribution in [-0.4, -0.2) is 21.3 Å². The summed E-state index contributed by atoms with van der Waals surface area (Å²) in [5.74, 6) is 0.826. The van der Waals surface area contributed by atoms with Crippen LogP contribution in [0.2, 0.25) is 0 Å². The van der Waals surface area contributed by atoms with Gasteiger partial charge in [-0.15, -0.1) is 10.2 Å². The van der Waals surface area contributed by atoms with E-state index in [1.165, 1.54) is 0 Å². The van der Waals surface area contributed by atoms with E-state index in [4.69, 9.17) is 9.15 Å². The fourth-order valence-electron chi connectivity index (χ4n) is 2.47. The molecule has 0 radical (unpaired) electrons. The fraction of sp³-hybridized carbons (Fsp3) is 0.0526. The van der Waals surface area contributed by atoms with Crippen LogP contribution < -0.4 is 10.1 Å². The molecule has 2 heterocycles. The SMILES string of the molecule is O=C1NC(=O)/C(=C\c2cc(Br)ccc2OCc2nnc(-c3ccccc3)o2)S1. The quantitative estimate of drug-likeness (QED) is 0.567. The molecule has 0 saturated carbocycles. The Morgan fingerprint density at radius 1 is 1.14 bits per heavy atom. The lowest BCUT2D eigenvalue weighted by Gasteiger charge is -2.08. The Labute approximate surface area is 172 Å². The fourth-order valence-corrected chi connectivity index (χ4v) is 3.53. The summed E-state index contributed by atoms with van der Waals surface area (Å²) in [4.78, 5) is 23.5. The number of thioether (sulfide) groups is 1. The molecule has 28 heavy (non-hydrogen) atoms. The monoisotopic (exact) mass is 457 g/mol. The molecular formula is C19H12BrN3O4S. The number of carbonyl (C=O) groups excluding carboxylic acids is 2. The van der Waals surface area contributed by atoms with Gasteiger partial charge in [0.1, 0.15) is 5.75 Å². The molecule has 2 aromatic carbocycles. The Morgan fingerprint density at radius 2 is 1.96 bits per heavy atom. The van der Waals surface area contributed by atoms with Crippen molar-refractivity contribution < 1.29 is 18.7 Å².